The number of hydrogen-bond acceptors (Lipinski definition) is 3. The van der Waals surface area contributed by atoms with Crippen LogP contribution in [0.4, 0.5) is 0 Å². The Morgan fingerprint density at radius 1 is 1.37 bits per heavy atom. The second-order valence-electron chi connectivity index (χ2n) is 8.71. The molecule has 1 heterocycles. The van der Waals surface area contributed by atoms with Crippen molar-refractivity contribution in [1.29, 1.82) is 0 Å². The maximum absolute atomic E-state index is 10.6. The Hall–Kier alpha value is -0.350. The van der Waals surface area contributed by atoms with Crippen molar-refractivity contribution in [3.63, 3.8) is 0 Å². The summed E-state index contributed by atoms with van der Waals surface area (Å²) in [6.45, 7) is 4.34. The van der Waals surface area contributed by atoms with Crippen molar-refractivity contribution in [2.24, 2.45) is 17.3 Å². The van der Waals surface area contributed by atoms with Crippen LogP contribution in [0.5, 0.6) is 0 Å². The fraction of sp³-hybridized carbons (Fsp3) is 0.739. The van der Waals surface area contributed by atoms with Gasteiger partial charge in [0.25, 0.3) is 0 Å². The van der Waals surface area contributed by atoms with Gasteiger partial charge in [-0.05, 0) is 81.8 Å². The topological polar surface area (TPSA) is 40.5 Å². The van der Waals surface area contributed by atoms with Gasteiger partial charge in [0.2, 0.25) is 0 Å². The third-order valence-electron chi connectivity index (χ3n) is 7.10. The highest BCUT2D eigenvalue weighted by Gasteiger charge is 2.42. The molecule has 0 amide bonds. The van der Waals surface area contributed by atoms with Gasteiger partial charge in [-0.1, -0.05) is 25.5 Å². The van der Waals surface area contributed by atoms with Crippen LogP contribution in [0.2, 0.25) is 0 Å². The summed E-state index contributed by atoms with van der Waals surface area (Å²) in [7, 11) is 0. The van der Waals surface area contributed by atoms with E-state index in [-0.39, 0.29) is 28.9 Å². The van der Waals surface area contributed by atoms with Crippen LogP contribution in [0.3, 0.4) is 0 Å². The van der Waals surface area contributed by atoms with E-state index >= 15 is 0 Å². The largest absolute Gasteiger partial charge is 0.392 e. The normalized spacial score (nSPS) is 31.3. The van der Waals surface area contributed by atoms with E-state index in [0.29, 0.717) is 18.8 Å². The summed E-state index contributed by atoms with van der Waals surface area (Å²) in [6.07, 6.45) is 12.9. The number of aliphatic hydroxyl groups is 2. The molecule has 1 unspecified atom stereocenters. The number of hydrogen-bond donors (Lipinski definition) is 2. The van der Waals surface area contributed by atoms with Gasteiger partial charge in [0.05, 0.1) is 12.2 Å². The van der Waals surface area contributed by atoms with Crippen molar-refractivity contribution in [1.82, 2.24) is 0 Å². The lowest BCUT2D eigenvalue weighted by Crippen LogP contribution is -2.40. The Morgan fingerprint density at radius 3 is 2.74 bits per heavy atom. The SMILES string of the molecule is CCC1(C(O)C/C=C/[C@@H]2[C@@H](CCCc3ccc(C)s3)[C@H](Cl)C[C@H]2O)CCC1. The molecule has 0 aliphatic heterocycles. The van der Waals surface area contributed by atoms with Crippen LogP contribution in [0.15, 0.2) is 24.3 Å². The second-order valence-corrected chi connectivity index (χ2v) is 10.6. The number of aryl methyl sites for hydroxylation is 2. The maximum atomic E-state index is 10.6. The Bertz CT molecular complexity index is 616. The molecule has 2 fully saturated rings. The highest BCUT2D eigenvalue weighted by Crippen LogP contribution is 2.48. The van der Waals surface area contributed by atoms with Crippen molar-refractivity contribution in [2.75, 3.05) is 0 Å². The van der Waals surface area contributed by atoms with E-state index in [1.165, 1.54) is 16.2 Å². The standard InChI is InChI=1S/C23H35ClO2S/c1-3-23(13-6-14-23)22(26)10-5-9-19-18(20(24)15-21(19)25)8-4-7-17-12-11-16(2)27-17/h5,9,11-12,18-22,25-26H,3-4,6-8,10,13-15H2,1-2H3/b9-5+/t18-,19-,20-,21-,22?/m1/s1. The van der Waals surface area contributed by atoms with Gasteiger partial charge in [-0.3, -0.25) is 0 Å². The average molecular weight is 411 g/mol. The van der Waals surface area contributed by atoms with Crippen LogP contribution < -0.4 is 0 Å². The molecular weight excluding hydrogens is 376 g/mol. The van der Waals surface area contributed by atoms with Crippen molar-refractivity contribution in [3.05, 3.63) is 34.0 Å². The molecule has 1 aromatic rings. The molecule has 1 aromatic heterocycles. The van der Waals surface area contributed by atoms with Gasteiger partial charge in [-0.15, -0.1) is 22.9 Å². The molecule has 152 valence electrons. The predicted molar refractivity (Wildman–Crippen MR) is 116 cm³/mol. The number of aliphatic hydroxyl groups excluding tert-OH is 2. The van der Waals surface area contributed by atoms with Gasteiger partial charge >= 0.3 is 0 Å². The minimum Gasteiger partial charge on any atom is -0.392 e. The highest BCUT2D eigenvalue weighted by atomic mass is 35.5. The molecule has 4 heteroatoms. The molecule has 2 aliphatic rings. The highest BCUT2D eigenvalue weighted by molar-refractivity contribution is 7.11. The quantitative estimate of drug-likeness (QED) is 0.394. The van der Waals surface area contributed by atoms with E-state index in [9.17, 15) is 10.2 Å². The van der Waals surface area contributed by atoms with Gasteiger partial charge in [-0.25, -0.2) is 0 Å². The van der Waals surface area contributed by atoms with E-state index in [4.69, 9.17) is 11.6 Å². The molecule has 3 rings (SSSR count). The average Bonchev–Trinajstić information content (AvgIpc) is 3.11. The van der Waals surface area contributed by atoms with Crippen LogP contribution in [0, 0.1) is 24.2 Å². The molecule has 0 radical (unpaired) electrons. The third kappa shape index (κ3) is 4.98. The molecule has 0 saturated heterocycles. The van der Waals surface area contributed by atoms with Gasteiger partial charge < -0.3 is 10.2 Å². The van der Waals surface area contributed by atoms with E-state index in [0.717, 1.165) is 38.5 Å². The van der Waals surface area contributed by atoms with Crippen LogP contribution >= 0.6 is 22.9 Å². The Morgan fingerprint density at radius 2 is 2.15 bits per heavy atom. The van der Waals surface area contributed by atoms with Crippen molar-refractivity contribution < 1.29 is 10.2 Å². The first-order valence-corrected chi connectivity index (χ1v) is 11.9. The lowest BCUT2D eigenvalue weighted by molar-refractivity contribution is -0.0355. The molecule has 5 atom stereocenters. The summed E-state index contributed by atoms with van der Waals surface area (Å²) in [6, 6.07) is 4.41. The maximum Gasteiger partial charge on any atom is 0.0630 e. The molecule has 27 heavy (non-hydrogen) atoms. The van der Waals surface area contributed by atoms with E-state index in [1.807, 2.05) is 11.3 Å². The Kier molecular flexibility index (Phi) is 7.46. The molecule has 0 bridgehead atoms. The number of alkyl halides is 1. The molecule has 0 aromatic carbocycles. The van der Waals surface area contributed by atoms with Gasteiger partial charge in [0.1, 0.15) is 0 Å². The lowest BCUT2D eigenvalue weighted by atomic mass is 9.63. The first-order valence-electron chi connectivity index (χ1n) is 10.7. The summed E-state index contributed by atoms with van der Waals surface area (Å²) in [5.74, 6) is 0.462. The monoisotopic (exact) mass is 410 g/mol. The van der Waals surface area contributed by atoms with Crippen LogP contribution in [-0.4, -0.2) is 27.8 Å². The Balaban J connectivity index is 1.52. The summed E-state index contributed by atoms with van der Waals surface area (Å²) < 4.78 is 0. The molecule has 2 saturated carbocycles. The minimum absolute atomic E-state index is 0.0539. The smallest absolute Gasteiger partial charge is 0.0630 e. The van der Waals surface area contributed by atoms with Crippen LogP contribution in [0.1, 0.15) is 68.0 Å². The first-order chi connectivity index (χ1) is 12.9. The van der Waals surface area contributed by atoms with E-state index in [2.05, 4.69) is 38.1 Å². The van der Waals surface area contributed by atoms with Crippen LogP contribution in [-0.2, 0) is 6.42 Å². The summed E-state index contributed by atoms with van der Waals surface area (Å²) in [5, 5.41) is 21.1. The fourth-order valence-corrected chi connectivity index (χ4v) is 6.44. The fourth-order valence-electron chi connectivity index (χ4n) is 5.03. The van der Waals surface area contributed by atoms with Gasteiger partial charge in [-0.2, -0.15) is 0 Å². The number of halogens is 1. The van der Waals surface area contributed by atoms with Crippen molar-refractivity contribution in [2.45, 2.75) is 89.2 Å². The first kappa shape index (κ1) is 21.4. The molecule has 2 N–H and O–H groups in total. The third-order valence-corrected chi connectivity index (χ3v) is 8.67. The van der Waals surface area contributed by atoms with Gasteiger partial charge in [0.15, 0.2) is 0 Å². The number of rotatable bonds is 9. The molecule has 2 aliphatic carbocycles. The summed E-state index contributed by atoms with van der Waals surface area (Å²) in [5.41, 5.74) is 0.145. The zero-order valence-electron chi connectivity index (χ0n) is 16.7. The molecule has 0 spiro atoms. The van der Waals surface area contributed by atoms with Gasteiger partial charge in [0, 0.05) is 21.0 Å². The molecule has 2 nitrogen and oxygen atoms in total. The zero-order chi connectivity index (χ0) is 19.4. The number of thiophene rings is 1. The minimum atomic E-state index is -0.348. The Labute approximate surface area is 173 Å². The summed E-state index contributed by atoms with van der Waals surface area (Å²) >= 11 is 8.46. The van der Waals surface area contributed by atoms with Crippen molar-refractivity contribution >= 4 is 22.9 Å². The van der Waals surface area contributed by atoms with Crippen molar-refractivity contribution in [3.8, 4) is 0 Å². The predicted octanol–water partition coefficient (Wildman–Crippen LogP) is 5.87. The summed E-state index contributed by atoms with van der Waals surface area (Å²) in [4.78, 5) is 2.81. The van der Waals surface area contributed by atoms with E-state index in [1.54, 1.807) is 0 Å². The lowest BCUT2D eigenvalue weighted by Gasteiger charge is -2.45. The van der Waals surface area contributed by atoms with E-state index < -0.39 is 0 Å². The zero-order valence-corrected chi connectivity index (χ0v) is 18.3. The van der Waals surface area contributed by atoms with Crippen LogP contribution in [0.25, 0.3) is 0 Å². The second kappa shape index (κ2) is 9.43. The molecular formula is C23H35ClO2S.